The van der Waals surface area contributed by atoms with Crippen LogP contribution in [-0.2, 0) is 0 Å². The van der Waals surface area contributed by atoms with E-state index in [0.29, 0.717) is 16.3 Å². The molecule has 3 aromatic rings. The highest BCUT2D eigenvalue weighted by Crippen LogP contribution is 2.31. The third-order valence-corrected chi connectivity index (χ3v) is 4.11. The summed E-state index contributed by atoms with van der Waals surface area (Å²) in [5.74, 6) is -0.989. The molecule has 110 valence electrons. The number of rotatable bonds is 3. The summed E-state index contributed by atoms with van der Waals surface area (Å²) >= 11 is 1.34. The number of thiazole rings is 1. The van der Waals surface area contributed by atoms with E-state index in [1.165, 1.54) is 17.4 Å². The molecule has 0 spiro atoms. The molecule has 0 aliphatic carbocycles. The van der Waals surface area contributed by atoms with Crippen molar-refractivity contribution in [3.8, 4) is 21.1 Å². The van der Waals surface area contributed by atoms with Crippen LogP contribution in [0.5, 0.6) is 0 Å². The highest BCUT2D eigenvalue weighted by molar-refractivity contribution is 7.18. The summed E-state index contributed by atoms with van der Waals surface area (Å²) in [6, 6.07) is 4.95. The van der Waals surface area contributed by atoms with Crippen LogP contribution in [0.15, 0.2) is 36.8 Å². The lowest BCUT2D eigenvalue weighted by Crippen LogP contribution is -2.15. The first-order valence-corrected chi connectivity index (χ1v) is 7.21. The minimum atomic E-state index is -0.571. The number of halogens is 1. The van der Waals surface area contributed by atoms with Gasteiger partial charge < -0.3 is 5.73 Å². The Morgan fingerprint density at radius 1 is 1.27 bits per heavy atom. The summed E-state index contributed by atoms with van der Waals surface area (Å²) in [5, 5.41) is 0.630. The van der Waals surface area contributed by atoms with Crippen molar-refractivity contribution in [2.45, 2.75) is 6.92 Å². The van der Waals surface area contributed by atoms with Gasteiger partial charge in [0.25, 0.3) is 5.91 Å². The van der Waals surface area contributed by atoms with Crippen molar-refractivity contribution < 1.29 is 9.18 Å². The number of hydrogen-bond acceptors (Lipinski definition) is 5. The molecule has 3 heterocycles. The number of amides is 1. The molecular weight excluding hydrogens is 303 g/mol. The Morgan fingerprint density at radius 2 is 2.09 bits per heavy atom. The quantitative estimate of drug-likeness (QED) is 0.806. The maximum Gasteiger partial charge on any atom is 0.267 e. The second kappa shape index (κ2) is 5.61. The van der Waals surface area contributed by atoms with Gasteiger partial charge in [0.05, 0.1) is 16.8 Å². The summed E-state index contributed by atoms with van der Waals surface area (Å²) in [6.07, 6.45) is 4.31. The monoisotopic (exact) mass is 314 g/mol. The SMILES string of the molecule is Cc1ccc(-c2cnc(-c3cncc(F)c3)s2)nc1C(N)=O. The van der Waals surface area contributed by atoms with Gasteiger partial charge in [0, 0.05) is 18.0 Å². The molecule has 3 aromatic heterocycles. The van der Waals surface area contributed by atoms with E-state index in [1.54, 1.807) is 31.5 Å². The van der Waals surface area contributed by atoms with Crippen LogP contribution in [0.4, 0.5) is 4.39 Å². The van der Waals surface area contributed by atoms with E-state index in [2.05, 4.69) is 15.0 Å². The average Bonchev–Trinajstić information content (AvgIpc) is 2.97. The lowest BCUT2D eigenvalue weighted by atomic mass is 10.2. The van der Waals surface area contributed by atoms with E-state index in [0.717, 1.165) is 16.6 Å². The standard InChI is InChI=1S/C15H11FN4OS/c1-8-2-3-11(20-13(8)14(17)21)12-7-19-15(22-12)9-4-10(16)6-18-5-9/h2-7H,1H3,(H2,17,21). The van der Waals surface area contributed by atoms with Gasteiger partial charge in [-0.25, -0.2) is 14.4 Å². The Kier molecular flexibility index (Phi) is 3.64. The van der Waals surface area contributed by atoms with E-state index in [4.69, 9.17) is 5.73 Å². The summed E-state index contributed by atoms with van der Waals surface area (Å²) in [5.41, 5.74) is 7.46. The Hall–Kier alpha value is -2.67. The molecule has 0 saturated heterocycles. The fourth-order valence-corrected chi connectivity index (χ4v) is 2.84. The average molecular weight is 314 g/mol. The van der Waals surface area contributed by atoms with Gasteiger partial charge in [0.1, 0.15) is 16.5 Å². The van der Waals surface area contributed by atoms with Crippen LogP contribution < -0.4 is 5.73 Å². The largest absolute Gasteiger partial charge is 0.364 e. The van der Waals surface area contributed by atoms with Crippen LogP contribution in [0.3, 0.4) is 0 Å². The smallest absolute Gasteiger partial charge is 0.267 e. The molecule has 5 nitrogen and oxygen atoms in total. The maximum absolute atomic E-state index is 13.2. The fourth-order valence-electron chi connectivity index (χ4n) is 1.97. The number of carbonyl (C=O) groups excluding carboxylic acids is 1. The zero-order valence-electron chi connectivity index (χ0n) is 11.6. The normalized spacial score (nSPS) is 10.6. The molecule has 7 heteroatoms. The van der Waals surface area contributed by atoms with Gasteiger partial charge in [-0.1, -0.05) is 6.07 Å². The van der Waals surface area contributed by atoms with Crippen molar-refractivity contribution in [2.24, 2.45) is 5.73 Å². The van der Waals surface area contributed by atoms with Crippen molar-refractivity contribution in [1.29, 1.82) is 0 Å². The number of pyridine rings is 2. The molecule has 0 unspecified atom stereocenters. The van der Waals surface area contributed by atoms with Crippen molar-refractivity contribution >= 4 is 17.2 Å². The van der Waals surface area contributed by atoms with Crippen molar-refractivity contribution in [2.75, 3.05) is 0 Å². The molecule has 1 amide bonds. The molecule has 0 aliphatic rings. The van der Waals surface area contributed by atoms with E-state index in [-0.39, 0.29) is 5.69 Å². The summed E-state index contributed by atoms with van der Waals surface area (Å²) in [4.78, 5) is 24.5. The molecule has 0 radical (unpaired) electrons. The molecule has 0 bridgehead atoms. The third kappa shape index (κ3) is 2.71. The second-order valence-corrected chi connectivity index (χ2v) is 5.68. The molecule has 2 N–H and O–H groups in total. The molecular formula is C15H11FN4OS. The number of nitrogens with zero attached hydrogens (tertiary/aromatic N) is 3. The number of aromatic nitrogens is 3. The summed E-state index contributed by atoms with van der Waals surface area (Å²) < 4.78 is 13.2. The highest BCUT2D eigenvalue weighted by Gasteiger charge is 2.12. The van der Waals surface area contributed by atoms with Gasteiger partial charge in [-0.3, -0.25) is 9.78 Å². The van der Waals surface area contributed by atoms with Gasteiger partial charge in [-0.15, -0.1) is 11.3 Å². The molecule has 0 aliphatic heterocycles. The van der Waals surface area contributed by atoms with E-state index >= 15 is 0 Å². The van der Waals surface area contributed by atoms with Crippen LogP contribution in [0, 0.1) is 12.7 Å². The first kappa shape index (κ1) is 14.3. The summed E-state index contributed by atoms with van der Waals surface area (Å²) in [6.45, 7) is 1.77. The fraction of sp³-hybridized carbons (Fsp3) is 0.0667. The molecule has 3 rings (SSSR count). The predicted molar refractivity (Wildman–Crippen MR) is 81.8 cm³/mol. The second-order valence-electron chi connectivity index (χ2n) is 4.65. The van der Waals surface area contributed by atoms with Crippen molar-refractivity contribution in [1.82, 2.24) is 15.0 Å². The van der Waals surface area contributed by atoms with E-state index in [1.807, 2.05) is 0 Å². The highest BCUT2D eigenvalue weighted by atomic mass is 32.1. The van der Waals surface area contributed by atoms with Gasteiger partial charge in [0.2, 0.25) is 0 Å². The minimum absolute atomic E-state index is 0.236. The predicted octanol–water partition coefficient (Wildman–Crippen LogP) is 2.81. The first-order chi connectivity index (χ1) is 10.5. The van der Waals surface area contributed by atoms with Gasteiger partial charge in [-0.2, -0.15) is 0 Å². The number of aryl methyl sites for hydroxylation is 1. The topological polar surface area (TPSA) is 81.8 Å². The minimum Gasteiger partial charge on any atom is -0.364 e. The maximum atomic E-state index is 13.2. The van der Waals surface area contributed by atoms with Gasteiger partial charge in [0.15, 0.2) is 0 Å². The van der Waals surface area contributed by atoms with Crippen LogP contribution in [0.2, 0.25) is 0 Å². The number of primary amides is 1. The number of carbonyl (C=O) groups is 1. The Balaban J connectivity index is 2.01. The van der Waals surface area contributed by atoms with Gasteiger partial charge >= 0.3 is 0 Å². The number of hydrogen-bond donors (Lipinski definition) is 1. The lowest BCUT2D eigenvalue weighted by molar-refractivity contribution is 0.0995. The molecule has 0 aromatic carbocycles. The van der Waals surface area contributed by atoms with Crippen LogP contribution in [0.25, 0.3) is 21.1 Å². The molecule has 22 heavy (non-hydrogen) atoms. The Morgan fingerprint density at radius 3 is 2.82 bits per heavy atom. The molecule has 0 fully saturated rings. The van der Waals surface area contributed by atoms with Crippen LogP contribution >= 0.6 is 11.3 Å². The number of nitrogens with two attached hydrogens (primary N) is 1. The lowest BCUT2D eigenvalue weighted by Gasteiger charge is -2.02. The first-order valence-electron chi connectivity index (χ1n) is 6.39. The van der Waals surface area contributed by atoms with Gasteiger partial charge in [-0.05, 0) is 24.6 Å². The molecule has 0 atom stereocenters. The van der Waals surface area contributed by atoms with E-state index < -0.39 is 11.7 Å². The van der Waals surface area contributed by atoms with E-state index in [9.17, 15) is 9.18 Å². The van der Waals surface area contributed by atoms with Crippen LogP contribution in [-0.4, -0.2) is 20.9 Å². The van der Waals surface area contributed by atoms with Crippen molar-refractivity contribution in [3.63, 3.8) is 0 Å². The van der Waals surface area contributed by atoms with Crippen molar-refractivity contribution in [3.05, 3.63) is 53.9 Å². The van der Waals surface area contributed by atoms with Crippen LogP contribution in [0.1, 0.15) is 16.1 Å². The zero-order chi connectivity index (χ0) is 15.7. The Bertz CT molecular complexity index is 862. The summed E-state index contributed by atoms with van der Waals surface area (Å²) in [7, 11) is 0. The third-order valence-electron chi connectivity index (χ3n) is 3.04. The zero-order valence-corrected chi connectivity index (χ0v) is 12.4. The Labute approximate surface area is 129 Å². The molecule has 0 saturated carbocycles.